The Balaban J connectivity index is 2.18. The molecule has 0 aliphatic rings. The van der Waals surface area contributed by atoms with E-state index in [9.17, 15) is 9.59 Å². The minimum absolute atomic E-state index is 0.479. The summed E-state index contributed by atoms with van der Waals surface area (Å²) in [4.78, 5) is 22.3. The molecule has 2 heterocycles. The Kier molecular flexibility index (Phi) is 2.64. The Morgan fingerprint density at radius 2 is 2.11 bits per heavy atom. The van der Waals surface area contributed by atoms with Crippen LogP contribution in [0.3, 0.4) is 0 Å². The minimum atomic E-state index is -1.32. The summed E-state index contributed by atoms with van der Waals surface area (Å²) in [6.07, 6.45) is 1.46. The molecule has 0 saturated heterocycles. The number of carboxylic acid groups (broad SMARTS) is 1. The second-order valence-electron chi connectivity index (χ2n) is 3.92. The molecule has 0 unspecified atom stereocenters. The van der Waals surface area contributed by atoms with E-state index < -0.39 is 17.1 Å². The van der Waals surface area contributed by atoms with E-state index in [0.29, 0.717) is 5.69 Å². The number of nitrogens with zero attached hydrogens (tertiary/aromatic N) is 2. The maximum Gasteiger partial charge on any atom is 0.360 e. The highest BCUT2D eigenvalue weighted by Gasteiger charge is 2.11. The van der Waals surface area contributed by atoms with Crippen LogP contribution in [0.5, 0.6) is 0 Å². The summed E-state index contributed by atoms with van der Waals surface area (Å²) in [5.74, 6) is -1.32. The molecular formula is C13H8N2O3S. The molecule has 6 heteroatoms. The number of carboxylic acids is 1. The van der Waals surface area contributed by atoms with Crippen molar-refractivity contribution >= 4 is 27.4 Å². The van der Waals surface area contributed by atoms with Crippen molar-refractivity contribution in [1.82, 2.24) is 9.78 Å². The van der Waals surface area contributed by atoms with Gasteiger partial charge in [0.05, 0.1) is 5.69 Å². The van der Waals surface area contributed by atoms with E-state index in [4.69, 9.17) is 5.11 Å². The van der Waals surface area contributed by atoms with Crippen LogP contribution in [0, 0.1) is 0 Å². The van der Waals surface area contributed by atoms with E-state index in [2.05, 4.69) is 5.10 Å². The molecule has 94 valence electrons. The topological polar surface area (TPSA) is 72.2 Å². The summed E-state index contributed by atoms with van der Waals surface area (Å²) in [5, 5.41) is 15.8. The minimum Gasteiger partial charge on any atom is -0.476 e. The fourth-order valence-electron chi connectivity index (χ4n) is 1.80. The van der Waals surface area contributed by atoms with E-state index in [-0.39, 0.29) is 0 Å². The van der Waals surface area contributed by atoms with E-state index in [1.807, 2.05) is 29.6 Å². The Morgan fingerprint density at radius 1 is 1.26 bits per heavy atom. The van der Waals surface area contributed by atoms with Gasteiger partial charge in [-0.3, -0.25) is 4.79 Å². The maximum absolute atomic E-state index is 11.4. The summed E-state index contributed by atoms with van der Waals surface area (Å²) >= 11 is 1.63. The van der Waals surface area contributed by atoms with Crippen molar-refractivity contribution in [3.63, 3.8) is 0 Å². The first-order valence-electron chi connectivity index (χ1n) is 5.46. The maximum atomic E-state index is 11.4. The summed E-state index contributed by atoms with van der Waals surface area (Å²) in [6.45, 7) is 0. The number of benzene rings is 1. The van der Waals surface area contributed by atoms with Crippen molar-refractivity contribution in [1.29, 1.82) is 0 Å². The average Bonchev–Trinajstić information content (AvgIpc) is 2.86. The fourth-order valence-corrected chi connectivity index (χ4v) is 2.57. The molecule has 0 radical (unpaired) electrons. The van der Waals surface area contributed by atoms with Gasteiger partial charge >= 0.3 is 5.97 Å². The molecule has 0 aliphatic carbocycles. The third-order valence-corrected chi connectivity index (χ3v) is 3.61. The largest absolute Gasteiger partial charge is 0.476 e. The number of thiophene rings is 1. The van der Waals surface area contributed by atoms with Gasteiger partial charge < -0.3 is 5.11 Å². The van der Waals surface area contributed by atoms with E-state index in [1.165, 1.54) is 16.9 Å². The lowest BCUT2D eigenvalue weighted by Crippen LogP contribution is -2.20. The van der Waals surface area contributed by atoms with E-state index in [1.54, 1.807) is 11.3 Å². The molecule has 0 spiro atoms. The molecule has 0 aliphatic heterocycles. The molecule has 5 nitrogen and oxygen atoms in total. The number of fused-ring (bicyclic) bond motifs is 1. The van der Waals surface area contributed by atoms with Gasteiger partial charge in [0.1, 0.15) is 0 Å². The number of carbonyl (C=O) groups is 1. The van der Waals surface area contributed by atoms with Gasteiger partial charge in [-0.05, 0) is 35.0 Å². The summed E-state index contributed by atoms with van der Waals surface area (Å²) < 4.78 is 2.53. The Bertz CT molecular complexity index is 835. The Hall–Kier alpha value is -2.47. The first-order valence-corrected chi connectivity index (χ1v) is 6.34. The van der Waals surface area contributed by atoms with Crippen LogP contribution in [0.2, 0.25) is 0 Å². The molecule has 3 rings (SSSR count). The van der Waals surface area contributed by atoms with Crippen molar-refractivity contribution in [2.75, 3.05) is 0 Å². The molecular weight excluding hydrogens is 264 g/mol. The predicted molar refractivity (Wildman–Crippen MR) is 72.2 cm³/mol. The van der Waals surface area contributed by atoms with E-state index >= 15 is 0 Å². The van der Waals surface area contributed by atoms with Gasteiger partial charge in [-0.1, -0.05) is 0 Å². The van der Waals surface area contributed by atoms with Crippen LogP contribution in [-0.4, -0.2) is 20.9 Å². The number of aromatic nitrogens is 2. The van der Waals surface area contributed by atoms with Crippen molar-refractivity contribution < 1.29 is 9.90 Å². The molecule has 0 fully saturated rings. The Morgan fingerprint density at radius 3 is 2.89 bits per heavy atom. The number of hydrogen-bond acceptors (Lipinski definition) is 4. The van der Waals surface area contributed by atoms with Gasteiger partial charge in [-0.15, -0.1) is 11.3 Å². The summed E-state index contributed by atoms with van der Waals surface area (Å²) in [7, 11) is 0. The van der Waals surface area contributed by atoms with Crippen molar-refractivity contribution in [2.45, 2.75) is 0 Å². The number of hydrogen-bond donors (Lipinski definition) is 1. The lowest BCUT2D eigenvalue weighted by Gasteiger charge is -2.05. The van der Waals surface area contributed by atoms with E-state index in [0.717, 1.165) is 10.1 Å². The van der Waals surface area contributed by atoms with Gasteiger partial charge in [0.2, 0.25) is 11.1 Å². The predicted octanol–water partition coefficient (Wildman–Crippen LogP) is 2.15. The highest BCUT2D eigenvalue weighted by Crippen LogP contribution is 2.22. The lowest BCUT2D eigenvalue weighted by molar-refractivity contribution is 0.0687. The monoisotopic (exact) mass is 272 g/mol. The van der Waals surface area contributed by atoms with Crippen LogP contribution in [0.25, 0.3) is 15.8 Å². The zero-order valence-electron chi connectivity index (χ0n) is 9.61. The lowest BCUT2D eigenvalue weighted by atomic mass is 10.2. The molecule has 0 atom stereocenters. The van der Waals surface area contributed by atoms with Crippen molar-refractivity contribution in [3.8, 4) is 5.69 Å². The molecule has 1 aromatic carbocycles. The van der Waals surface area contributed by atoms with Crippen LogP contribution >= 0.6 is 11.3 Å². The molecule has 0 bridgehead atoms. The number of aromatic carboxylic acids is 1. The van der Waals surface area contributed by atoms with Gasteiger partial charge in [0, 0.05) is 17.0 Å². The Labute approximate surface area is 111 Å². The summed E-state index contributed by atoms with van der Waals surface area (Å²) in [5.41, 5.74) is -0.360. The molecule has 2 aromatic heterocycles. The average molecular weight is 272 g/mol. The standard InChI is InChI=1S/C13H8N2O3S/c16-10-3-5-15(14-12(10)13(17)18)9-1-2-11-8(7-9)4-6-19-11/h1-7H,(H,17,18). The van der Waals surface area contributed by atoms with Crippen molar-refractivity contribution in [2.24, 2.45) is 0 Å². The normalized spacial score (nSPS) is 10.7. The summed E-state index contributed by atoms with van der Waals surface area (Å²) in [6, 6.07) is 8.85. The smallest absolute Gasteiger partial charge is 0.360 e. The van der Waals surface area contributed by atoms with Crippen LogP contribution < -0.4 is 5.43 Å². The quantitative estimate of drug-likeness (QED) is 0.775. The fraction of sp³-hybridized carbons (Fsp3) is 0. The van der Waals surface area contributed by atoms with Crippen LogP contribution in [-0.2, 0) is 0 Å². The third kappa shape index (κ3) is 2.02. The van der Waals surface area contributed by atoms with Crippen LogP contribution in [0.1, 0.15) is 10.5 Å². The zero-order valence-corrected chi connectivity index (χ0v) is 10.4. The van der Waals surface area contributed by atoms with Gasteiger partial charge in [-0.2, -0.15) is 5.10 Å². The number of rotatable bonds is 2. The SMILES string of the molecule is O=C(O)c1nn(-c2ccc3sccc3c2)ccc1=O. The third-order valence-electron chi connectivity index (χ3n) is 2.71. The first-order chi connectivity index (χ1) is 9.15. The molecule has 0 amide bonds. The van der Waals surface area contributed by atoms with Crippen molar-refractivity contribution in [3.05, 3.63) is 57.8 Å². The first kappa shape index (κ1) is 11.6. The molecule has 0 saturated carbocycles. The second kappa shape index (κ2) is 4.33. The van der Waals surface area contributed by atoms with Crippen LogP contribution in [0.4, 0.5) is 0 Å². The van der Waals surface area contributed by atoms with Crippen LogP contribution in [0.15, 0.2) is 46.7 Å². The van der Waals surface area contributed by atoms with Gasteiger partial charge in [0.15, 0.2) is 0 Å². The highest BCUT2D eigenvalue weighted by atomic mass is 32.1. The van der Waals surface area contributed by atoms with Gasteiger partial charge in [0.25, 0.3) is 0 Å². The van der Waals surface area contributed by atoms with Gasteiger partial charge in [-0.25, -0.2) is 9.48 Å². The highest BCUT2D eigenvalue weighted by molar-refractivity contribution is 7.17. The second-order valence-corrected chi connectivity index (χ2v) is 4.87. The molecule has 1 N–H and O–H groups in total. The molecule has 19 heavy (non-hydrogen) atoms. The molecule has 3 aromatic rings. The zero-order chi connectivity index (χ0) is 13.4.